The number of amides is 2. The largest absolute Gasteiger partial charge is 0.444 e. The molecule has 0 bridgehead atoms. The van der Waals surface area contributed by atoms with E-state index in [1.807, 2.05) is 12.1 Å². The number of benzene rings is 1. The van der Waals surface area contributed by atoms with Crippen LogP contribution < -0.4 is 5.48 Å². The van der Waals surface area contributed by atoms with Crippen LogP contribution in [0.4, 0.5) is 4.79 Å². The van der Waals surface area contributed by atoms with Gasteiger partial charge in [0.15, 0.2) is 0 Å². The van der Waals surface area contributed by atoms with E-state index in [2.05, 4.69) is 6.07 Å². The highest BCUT2D eigenvalue weighted by Gasteiger charge is 2.47. The summed E-state index contributed by atoms with van der Waals surface area (Å²) < 4.78 is 38.8. The Hall–Kier alpha value is -2.72. The van der Waals surface area contributed by atoms with Gasteiger partial charge in [0.05, 0.1) is 36.0 Å². The second-order valence-corrected chi connectivity index (χ2v) is 11.7. The Balaban J connectivity index is 1.39. The van der Waals surface area contributed by atoms with Crippen molar-refractivity contribution in [2.45, 2.75) is 44.1 Å². The molecule has 3 fully saturated rings. The molecular formula is C24H32N4O7S. The Bertz CT molecular complexity index is 1100. The van der Waals surface area contributed by atoms with Crippen molar-refractivity contribution in [2.24, 2.45) is 5.41 Å². The Morgan fingerprint density at radius 1 is 1.17 bits per heavy atom. The lowest BCUT2D eigenvalue weighted by Crippen LogP contribution is -2.55. The fourth-order valence-corrected chi connectivity index (χ4v) is 7.40. The summed E-state index contributed by atoms with van der Waals surface area (Å²) in [6.45, 7) is 1.74. The van der Waals surface area contributed by atoms with E-state index in [4.69, 9.17) is 9.47 Å². The highest BCUT2D eigenvalue weighted by atomic mass is 32.2. The number of nitrogens with zero attached hydrogens (tertiary/aromatic N) is 3. The SMILES string of the molecule is N#Cc1ccccc1C1CCN(S(=O)(=O)CC2(C(=O)NO)CCN(C(=O)OC3CCOC3)CC2)CC1. The maximum atomic E-state index is 13.4. The van der Waals surface area contributed by atoms with Gasteiger partial charge in [-0.05, 0) is 43.2 Å². The molecule has 0 spiro atoms. The molecule has 0 saturated carbocycles. The smallest absolute Gasteiger partial charge is 0.410 e. The minimum Gasteiger partial charge on any atom is -0.444 e. The zero-order chi connectivity index (χ0) is 25.8. The minimum atomic E-state index is -3.83. The Morgan fingerprint density at radius 2 is 1.86 bits per heavy atom. The van der Waals surface area contributed by atoms with Gasteiger partial charge in [-0.15, -0.1) is 0 Å². The third-order valence-corrected chi connectivity index (χ3v) is 9.61. The number of nitriles is 1. The first-order chi connectivity index (χ1) is 17.3. The zero-order valence-corrected chi connectivity index (χ0v) is 20.9. The van der Waals surface area contributed by atoms with Crippen molar-refractivity contribution in [2.75, 3.05) is 45.1 Å². The molecule has 2 amide bonds. The first-order valence-corrected chi connectivity index (χ1v) is 13.8. The van der Waals surface area contributed by atoms with Crippen LogP contribution >= 0.6 is 0 Å². The van der Waals surface area contributed by atoms with Crippen molar-refractivity contribution < 1.29 is 32.7 Å². The number of nitrogens with one attached hydrogen (secondary N) is 1. The predicted octanol–water partition coefficient (Wildman–Crippen LogP) is 1.58. The quantitative estimate of drug-likeness (QED) is 0.424. The number of carbonyl (C=O) groups excluding carboxylic acids is 2. The monoisotopic (exact) mass is 520 g/mol. The second kappa shape index (κ2) is 11.1. The third kappa shape index (κ3) is 5.64. The van der Waals surface area contributed by atoms with E-state index in [1.54, 1.807) is 17.6 Å². The number of ether oxygens (including phenoxy) is 2. The highest BCUT2D eigenvalue weighted by molar-refractivity contribution is 7.89. The maximum absolute atomic E-state index is 13.4. The number of hydrogen-bond donors (Lipinski definition) is 2. The van der Waals surface area contributed by atoms with Crippen molar-refractivity contribution in [3.8, 4) is 6.07 Å². The van der Waals surface area contributed by atoms with E-state index in [1.165, 1.54) is 9.21 Å². The predicted molar refractivity (Wildman–Crippen MR) is 127 cm³/mol. The number of hydroxylamine groups is 1. The molecule has 196 valence electrons. The summed E-state index contributed by atoms with van der Waals surface area (Å²) in [6.07, 6.45) is 1.14. The standard InChI is InChI=1S/C24H32N4O7S/c25-15-19-3-1-2-4-21(19)18-5-10-28(11-6-18)36(32,33)17-24(22(29)26-31)8-12-27(13-9-24)23(30)35-20-7-14-34-16-20/h1-4,18,20,31H,5-14,16-17H2,(H,26,29). The first-order valence-electron chi connectivity index (χ1n) is 12.2. The van der Waals surface area contributed by atoms with E-state index in [-0.39, 0.29) is 51.0 Å². The van der Waals surface area contributed by atoms with Crippen LogP contribution in [0.1, 0.15) is 49.1 Å². The molecular weight excluding hydrogens is 488 g/mol. The van der Waals surface area contributed by atoms with Crippen LogP contribution in [0.25, 0.3) is 0 Å². The Kier molecular flexibility index (Phi) is 8.14. The van der Waals surface area contributed by atoms with Crippen molar-refractivity contribution in [1.82, 2.24) is 14.7 Å². The van der Waals surface area contributed by atoms with Crippen LogP contribution in [0, 0.1) is 16.7 Å². The number of hydrogen-bond acceptors (Lipinski definition) is 8. The minimum absolute atomic E-state index is 0.0842. The fourth-order valence-electron chi connectivity index (χ4n) is 5.34. The molecule has 2 N–H and O–H groups in total. The fraction of sp³-hybridized carbons (Fsp3) is 0.625. The lowest BCUT2D eigenvalue weighted by Gasteiger charge is -2.41. The van der Waals surface area contributed by atoms with Gasteiger partial charge in [0.2, 0.25) is 10.0 Å². The molecule has 3 heterocycles. The van der Waals surface area contributed by atoms with Crippen LogP contribution in [0.15, 0.2) is 24.3 Å². The molecule has 12 heteroatoms. The van der Waals surface area contributed by atoms with Gasteiger partial charge >= 0.3 is 6.09 Å². The molecule has 0 aromatic heterocycles. The summed E-state index contributed by atoms with van der Waals surface area (Å²) in [5.74, 6) is -1.13. The van der Waals surface area contributed by atoms with Gasteiger partial charge in [0, 0.05) is 32.6 Å². The molecule has 1 unspecified atom stereocenters. The average Bonchev–Trinajstić information content (AvgIpc) is 3.41. The molecule has 1 aromatic rings. The molecule has 4 rings (SSSR count). The van der Waals surface area contributed by atoms with Gasteiger partial charge in [-0.2, -0.15) is 5.26 Å². The molecule has 0 radical (unpaired) electrons. The third-order valence-electron chi connectivity index (χ3n) is 7.54. The Labute approximate surface area is 211 Å². The number of piperidine rings is 2. The average molecular weight is 521 g/mol. The van der Waals surface area contributed by atoms with Crippen LogP contribution in [0.3, 0.4) is 0 Å². The van der Waals surface area contributed by atoms with Crippen molar-refractivity contribution in [3.05, 3.63) is 35.4 Å². The summed E-state index contributed by atoms with van der Waals surface area (Å²) >= 11 is 0. The van der Waals surface area contributed by atoms with Crippen molar-refractivity contribution in [1.29, 1.82) is 5.26 Å². The maximum Gasteiger partial charge on any atom is 0.410 e. The molecule has 0 aliphatic carbocycles. The van der Waals surface area contributed by atoms with Gasteiger partial charge < -0.3 is 14.4 Å². The summed E-state index contributed by atoms with van der Waals surface area (Å²) in [5, 5.41) is 18.8. The van der Waals surface area contributed by atoms with Crippen LogP contribution in [-0.4, -0.2) is 86.1 Å². The number of likely N-dealkylation sites (tertiary alicyclic amines) is 1. The van der Waals surface area contributed by atoms with Crippen LogP contribution in [0.2, 0.25) is 0 Å². The van der Waals surface area contributed by atoms with E-state index in [0.29, 0.717) is 38.0 Å². The van der Waals surface area contributed by atoms with E-state index < -0.39 is 33.2 Å². The van der Waals surface area contributed by atoms with Crippen LogP contribution in [0.5, 0.6) is 0 Å². The molecule has 1 aromatic carbocycles. The summed E-state index contributed by atoms with van der Waals surface area (Å²) in [6, 6.07) is 9.56. The van der Waals surface area contributed by atoms with Gasteiger partial charge in [-0.3, -0.25) is 10.0 Å². The van der Waals surface area contributed by atoms with Crippen molar-refractivity contribution >= 4 is 22.0 Å². The number of carbonyl (C=O) groups is 2. The summed E-state index contributed by atoms with van der Waals surface area (Å²) in [7, 11) is -3.83. The van der Waals surface area contributed by atoms with Gasteiger partial charge in [-0.25, -0.2) is 23.0 Å². The van der Waals surface area contributed by atoms with Crippen LogP contribution in [-0.2, 0) is 24.3 Å². The molecule has 1 atom stereocenters. The normalized spacial score (nSPS) is 23.1. The topological polar surface area (TPSA) is 149 Å². The number of sulfonamides is 1. The van der Waals surface area contributed by atoms with E-state index >= 15 is 0 Å². The van der Waals surface area contributed by atoms with Crippen molar-refractivity contribution in [3.63, 3.8) is 0 Å². The molecule has 3 aliphatic heterocycles. The molecule has 3 saturated heterocycles. The molecule has 3 aliphatic rings. The lowest BCUT2D eigenvalue weighted by atomic mass is 9.79. The first kappa shape index (κ1) is 26.3. The summed E-state index contributed by atoms with van der Waals surface area (Å²) in [4.78, 5) is 26.6. The van der Waals surface area contributed by atoms with E-state index in [0.717, 1.165) is 5.56 Å². The van der Waals surface area contributed by atoms with Gasteiger partial charge in [0.25, 0.3) is 5.91 Å². The number of rotatable bonds is 6. The van der Waals surface area contributed by atoms with E-state index in [9.17, 15) is 28.5 Å². The lowest BCUT2D eigenvalue weighted by molar-refractivity contribution is -0.141. The van der Waals surface area contributed by atoms with Gasteiger partial charge in [-0.1, -0.05) is 18.2 Å². The van der Waals surface area contributed by atoms with Gasteiger partial charge in [0.1, 0.15) is 6.10 Å². The zero-order valence-electron chi connectivity index (χ0n) is 20.1. The highest BCUT2D eigenvalue weighted by Crippen LogP contribution is 2.37. The Morgan fingerprint density at radius 3 is 2.47 bits per heavy atom. The molecule has 36 heavy (non-hydrogen) atoms. The second-order valence-electron chi connectivity index (χ2n) is 9.71. The summed E-state index contributed by atoms with van der Waals surface area (Å²) in [5.41, 5.74) is 1.81. The molecule has 11 nitrogen and oxygen atoms in total.